The molecule has 7 rings (SSSR count). The van der Waals surface area contributed by atoms with Gasteiger partial charge in [-0.3, -0.25) is 9.59 Å². The van der Waals surface area contributed by atoms with Gasteiger partial charge in [0.25, 0.3) is 0 Å². The van der Waals surface area contributed by atoms with Gasteiger partial charge in [0.05, 0.1) is 26.9 Å². The van der Waals surface area contributed by atoms with E-state index in [4.69, 9.17) is 23.2 Å². The summed E-state index contributed by atoms with van der Waals surface area (Å²) < 4.78 is -0.764. The van der Waals surface area contributed by atoms with Crippen molar-refractivity contribution in [2.75, 3.05) is 4.90 Å². The second kappa shape index (κ2) is 6.19. The number of halogens is 3. The molecule has 0 radical (unpaired) electrons. The minimum atomic E-state index is -0.764. The molecule has 2 amide bonds. The zero-order chi connectivity index (χ0) is 20.8. The van der Waals surface area contributed by atoms with Gasteiger partial charge in [-0.15, -0.1) is 0 Å². The zero-order valence-corrected chi connectivity index (χ0v) is 18.6. The average molecular weight is 499 g/mol. The number of alkyl halides is 1. The molecule has 1 heterocycles. The molecule has 1 aliphatic heterocycles. The topological polar surface area (TPSA) is 37.4 Å². The van der Waals surface area contributed by atoms with Crippen LogP contribution in [0, 0.1) is 11.8 Å². The van der Waals surface area contributed by atoms with Gasteiger partial charge in [-0.05, 0) is 40.5 Å². The third-order valence-electron chi connectivity index (χ3n) is 6.67. The van der Waals surface area contributed by atoms with E-state index >= 15 is 0 Å². The lowest BCUT2D eigenvalue weighted by molar-refractivity contribution is -0.122. The maximum Gasteiger partial charge on any atom is 0.239 e. The van der Waals surface area contributed by atoms with Crippen molar-refractivity contribution in [1.29, 1.82) is 0 Å². The van der Waals surface area contributed by atoms with Crippen molar-refractivity contribution in [1.82, 2.24) is 0 Å². The summed E-state index contributed by atoms with van der Waals surface area (Å²) in [6.07, 6.45) is 0. The Balaban J connectivity index is 1.62. The minimum absolute atomic E-state index is 0.172. The molecule has 2 atom stereocenters. The van der Waals surface area contributed by atoms with Crippen molar-refractivity contribution in [2.24, 2.45) is 11.8 Å². The largest absolute Gasteiger partial charge is 0.274 e. The van der Waals surface area contributed by atoms with Crippen LogP contribution in [0.4, 0.5) is 5.69 Å². The standard InChI is InChI=1S/C24H14BrCl2NO2/c25-24-15-7-3-1-5-13(15)19(14-6-2-4-8-16(14)24)20-21(24)23(30)28(22(20)29)18-10-9-12(26)11-17(18)27/h1-11,19-21H/t19?,20-,21-,24?/m0/s1. The van der Waals surface area contributed by atoms with Crippen LogP contribution >= 0.6 is 39.1 Å². The van der Waals surface area contributed by atoms with Crippen molar-refractivity contribution in [3.8, 4) is 0 Å². The zero-order valence-electron chi connectivity index (χ0n) is 15.5. The molecule has 3 aliphatic carbocycles. The van der Waals surface area contributed by atoms with Crippen LogP contribution in [0.2, 0.25) is 10.0 Å². The summed E-state index contributed by atoms with van der Waals surface area (Å²) in [6.45, 7) is 0. The lowest BCUT2D eigenvalue weighted by Crippen LogP contribution is -2.50. The Morgan fingerprint density at radius 3 is 2.03 bits per heavy atom. The number of anilines is 1. The van der Waals surface area contributed by atoms with Crippen LogP contribution < -0.4 is 4.90 Å². The first-order valence-electron chi connectivity index (χ1n) is 9.65. The Labute approximate surface area is 191 Å². The van der Waals surface area contributed by atoms with E-state index in [0.717, 1.165) is 22.3 Å². The maximum atomic E-state index is 13.8. The van der Waals surface area contributed by atoms with Gasteiger partial charge in [-0.25, -0.2) is 4.90 Å². The number of carbonyl (C=O) groups excluding carboxylic acids is 2. The molecule has 6 heteroatoms. The van der Waals surface area contributed by atoms with Gasteiger partial charge in [0.15, 0.2) is 0 Å². The van der Waals surface area contributed by atoms with E-state index in [1.165, 1.54) is 4.90 Å². The Bertz CT molecular complexity index is 1230. The highest BCUT2D eigenvalue weighted by atomic mass is 79.9. The van der Waals surface area contributed by atoms with Crippen LogP contribution in [-0.4, -0.2) is 11.8 Å². The predicted molar refractivity (Wildman–Crippen MR) is 120 cm³/mol. The third-order valence-corrected chi connectivity index (χ3v) is 8.55. The van der Waals surface area contributed by atoms with E-state index in [0.29, 0.717) is 10.7 Å². The highest BCUT2D eigenvalue weighted by molar-refractivity contribution is 9.09. The van der Waals surface area contributed by atoms with Gasteiger partial charge in [-0.1, -0.05) is 87.7 Å². The minimum Gasteiger partial charge on any atom is -0.274 e. The molecule has 3 nitrogen and oxygen atoms in total. The molecule has 0 unspecified atom stereocenters. The summed E-state index contributed by atoms with van der Waals surface area (Å²) in [4.78, 5) is 28.8. The van der Waals surface area contributed by atoms with Gasteiger partial charge >= 0.3 is 0 Å². The summed E-state index contributed by atoms with van der Waals surface area (Å²) in [5.74, 6) is -1.67. The van der Waals surface area contributed by atoms with Crippen LogP contribution in [0.3, 0.4) is 0 Å². The third kappa shape index (κ3) is 2.12. The van der Waals surface area contributed by atoms with Gasteiger partial charge in [-0.2, -0.15) is 0 Å². The SMILES string of the molecule is O=C1[C@@H]2[C@@H](C(=O)N1c1ccc(Cl)cc1Cl)C1c3ccccc3C2(Br)c2ccccc21. The lowest BCUT2D eigenvalue weighted by Gasteiger charge is -2.51. The van der Waals surface area contributed by atoms with Crippen molar-refractivity contribution in [3.05, 3.63) is 99.0 Å². The lowest BCUT2D eigenvalue weighted by atomic mass is 9.55. The van der Waals surface area contributed by atoms with Crippen LogP contribution in [0.15, 0.2) is 66.7 Å². The van der Waals surface area contributed by atoms with E-state index in [1.54, 1.807) is 18.2 Å². The molecule has 3 aromatic rings. The highest BCUT2D eigenvalue weighted by Crippen LogP contribution is 2.66. The number of amides is 2. The molecular formula is C24H14BrCl2NO2. The van der Waals surface area contributed by atoms with Gasteiger partial charge in [0.1, 0.15) is 0 Å². The fourth-order valence-corrected chi connectivity index (χ4v) is 7.28. The molecular weight excluding hydrogens is 485 g/mol. The summed E-state index contributed by atoms with van der Waals surface area (Å²) >= 11 is 16.4. The fraction of sp³-hybridized carbons (Fsp3) is 0.167. The van der Waals surface area contributed by atoms with Crippen molar-refractivity contribution < 1.29 is 9.59 Å². The first-order chi connectivity index (χ1) is 14.4. The second-order valence-corrected chi connectivity index (χ2v) is 10.1. The van der Waals surface area contributed by atoms with Crippen LogP contribution in [0.25, 0.3) is 0 Å². The monoisotopic (exact) mass is 497 g/mol. The predicted octanol–water partition coefficient (Wildman–Crippen LogP) is 5.90. The molecule has 2 bridgehead atoms. The summed E-state index contributed by atoms with van der Waals surface area (Å²) in [5, 5.41) is 0.742. The number of rotatable bonds is 1. The van der Waals surface area contributed by atoms with Crippen molar-refractivity contribution in [2.45, 2.75) is 10.2 Å². The Kier molecular flexibility index (Phi) is 3.84. The van der Waals surface area contributed by atoms with Gasteiger partial charge in [0.2, 0.25) is 11.8 Å². The fourth-order valence-electron chi connectivity index (χ4n) is 5.58. The molecule has 148 valence electrons. The molecule has 1 saturated heterocycles. The first kappa shape index (κ1) is 18.6. The van der Waals surface area contributed by atoms with Crippen LogP contribution in [0.1, 0.15) is 28.2 Å². The van der Waals surface area contributed by atoms with E-state index in [-0.39, 0.29) is 22.8 Å². The molecule has 4 aliphatic rings. The molecule has 1 fully saturated rings. The van der Waals surface area contributed by atoms with E-state index < -0.39 is 16.2 Å². The number of nitrogens with zero attached hydrogens (tertiary/aromatic N) is 1. The molecule has 0 spiro atoms. The Hall–Kier alpha value is -2.14. The van der Waals surface area contributed by atoms with E-state index in [2.05, 4.69) is 40.2 Å². The Morgan fingerprint density at radius 1 is 0.833 bits per heavy atom. The normalized spacial score (nSPS) is 28.4. The number of benzene rings is 3. The quantitative estimate of drug-likeness (QED) is 0.309. The van der Waals surface area contributed by atoms with Crippen LogP contribution in [0.5, 0.6) is 0 Å². The number of hydrogen-bond donors (Lipinski definition) is 0. The molecule has 0 N–H and O–H groups in total. The first-order valence-corrected chi connectivity index (χ1v) is 11.2. The molecule has 0 aromatic heterocycles. The summed E-state index contributed by atoms with van der Waals surface area (Å²) in [5.41, 5.74) is 4.69. The van der Waals surface area contributed by atoms with Crippen molar-refractivity contribution >= 4 is 56.6 Å². The molecule has 0 saturated carbocycles. The van der Waals surface area contributed by atoms with E-state index in [9.17, 15) is 9.59 Å². The molecule has 30 heavy (non-hydrogen) atoms. The number of hydrogen-bond acceptors (Lipinski definition) is 2. The maximum absolute atomic E-state index is 13.8. The van der Waals surface area contributed by atoms with E-state index in [1.807, 2.05) is 24.3 Å². The molecule has 3 aromatic carbocycles. The number of imide groups is 1. The summed E-state index contributed by atoms with van der Waals surface area (Å²) in [7, 11) is 0. The van der Waals surface area contributed by atoms with Gasteiger partial charge in [0, 0.05) is 10.9 Å². The smallest absolute Gasteiger partial charge is 0.239 e. The average Bonchev–Trinajstić information content (AvgIpc) is 3.01. The highest BCUT2D eigenvalue weighted by Gasteiger charge is 2.67. The van der Waals surface area contributed by atoms with Crippen LogP contribution in [-0.2, 0) is 13.9 Å². The summed E-state index contributed by atoms with van der Waals surface area (Å²) in [6, 6.07) is 21.0. The number of carbonyl (C=O) groups is 2. The van der Waals surface area contributed by atoms with Crippen molar-refractivity contribution in [3.63, 3.8) is 0 Å². The second-order valence-electron chi connectivity index (χ2n) is 7.98. The van der Waals surface area contributed by atoms with Gasteiger partial charge < -0.3 is 0 Å². The Morgan fingerprint density at radius 2 is 1.43 bits per heavy atom.